The van der Waals surface area contributed by atoms with Crippen molar-refractivity contribution in [1.29, 1.82) is 0 Å². The molecule has 1 unspecified atom stereocenters. The molecule has 2 aliphatic rings. The van der Waals surface area contributed by atoms with E-state index in [0.29, 0.717) is 0 Å². The first-order chi connectivity index (χ1) is 9.34. The van der Waals surface area contributed by atoms with Gasteiger partial charge in [0.2, 0.25) is 0 Å². The zero-order valence-corrected chi connectivity index (χ0v) is 11.5. The van der Waals surface area contributed by atoms with Gasteiger partial charge < -0.3 is 4.90 Å². The lowest BCUT2D eigenvalue weighted by Gasteiger charge is -2.27. The molecule has 0 saturated carbocycles. The lowest BCUT2D eigenvalue weighted by Crippen LogP contribution is -2.31. The predicted molar refractivity (Wildman–Crippen MR) is 76.6 cm³/mol. The molecule has 0 bridgehead atoms. The molecule has 0 spiro atoms. The minimum Gasteiger partial charge on any atom is -0.331 e. The smallest absolute Gasteiger partial charge is 0.254 e. The van der Waals surface area contributed by atoms with Crippen LogP contribution in [0.1, 0.15) is 38.8 Å². The van der Waals surface area contributed by atoms with Gasteiger partial charge in [-0.1, -0.05) is 18.2 Å². The zero-order chi connectivity index (χ0) is 12.8. The Labute approximate surface area is 116 Å². The van der Waals surface area contributed by atoms with Crippen molar-refractivity contribution in [1.82, 2.24) is 4.90 Å². The Balaban J connectivity index is 1.74. The lowest BCUT2D eigenvalue weighted by molar-refractivity contribution is 0.0717. The monoisotopic (exact) mass is 269 g/mol. The lowest BCUT2D eigenvalue weighted by atomic mass is 9.97. The van der Waals surface area contributed by atoms with Gasteiger partial charge in [0.1, 0.15) is 0 Å². The molecule has 3 heterocycles. The molecule has 0 fully saturated rings. The maximum absolute atomic E-state index is 12.5. The van der Waals surface area contributed by atoms with Crippen LogP contribution >= 0.6 is 11.3 Å². The summed E-state index contributed by atoms with van der Waals surface area (Å²) in [4.78, 5) is 16.0. The Kier molecular flexibility index (Phi) is 2.49. The molecule has 1 aromatic heterocycles. The largest absolute Gasteiger partial charge is 0.331 e. The molecule has 2 nitrogen and oxygen atoms in total. The molecule has 1 aromatic carbocycles. The summed E-state index contributed by atoms with van der Waals surface area (Å²) < 4.78 is 0. The molecule has 96 valence electrons. The number of fused-ring (bicyclic) bond motifs is 4. The maximum atomic E-state index is 12.5. The first-order valence-electron chi connectivity index (χ1n) is 6.80. The van der Waals surface area contributed by atoms with Crippen LogP contribution in [0.15, 0.2) is 35.7 Å². The molecule has 0 aliphatic carbocycles. The first-order valence-corrected chi connectivity index (χ1v) is 7.68. The van der Waals surface area contributed by atoms with E-state index in [9.17, 15) is 4.79 Å². The number of rotatable bonds is 0. The highest BCUT2D eigenvalue weighted by atomic mass is 32.1. The van der Waals surface area contributed by atoms with Crippen LogP contribution in [0.25, 0.3) is 0 Å². The van der Waals surface area contributed by atoms with Crippen LogP contribution < -0.4 is 0 Å². The average molecular weight is 269 g/mol. The van der Waals surface area contributed by atoms with Crippen LogP contribution in [0.3, 0.4) is 0 Å². The maximum Gasteiger partial charge on any atom is 0.254 e. The molecule has 3 heteroatoms. The Morgan fingerprint density at radius 1 is 1.16 bits per heavy atom. The van der Waals surface area contributed by atoms with E-state index in [2.05, 4.69) is 22.4 Å². The quantitative estimate of drug-likeness (QED) is 0.717. The minimum absolute atomic E-state index is 0.223. The van der Waals surface area contributed by atoms with Crippen LogP contribution in [0.5, 0.6) is 0 Å². The van der Waals surface area contributed by atoms with E-state index >= 15 is 0 Å². The van der Waals surface area contributed by atoms with E-state index in [0.717, 1.165) is 31.4 Å². The molecule has 4 rings (SSSR count). The topological polar surface area (TPSA) is 20.3 Å². The molecule has 1 amide bonds. The van der Waals surface area contributed by atoms with Crippen molar-refractivity contribution in [3.05, 3.63) is 57.3 Å². The van der Waals surface area contributed by atoms with Gasteiger partial charge >= 0.3 is 0 Å². The van der Waals surface area contributed by atoms with E-state index < -0.39 is 0 Å². The van der Waals surface area contributed by atoms with Crippen LogP contribution in [-0.2, 0) is 12.8 Å². The van der Waals surface area contributed by atoms with Crippen molar-refractivity contribution < 1.29 is 4.79 Å². The van der Waals surface area contributed by atoms with Gasteiger partial charge in [0, 0.05) is 17.0 Å². The number of carbonyl (C=O) groups is 1. The van der Waals surface area contributed by atoms with E-state index in [1.54, 1.807) is 0 Å². The van der Waals surface area contributed by atoms with Crippen molar-refractivity contribution >= 4 is 17.2 Å². The van der Waals surface area contributed by atoms with Gasteiger partial charge in [0.25, 0.3) is 5.91 Å². The van der Waals surface area contributed by atoms with Gasteiger partial charge in [0.15, 0.2) is 0 Å². The van der Waals surface area contributed by atoms with E-state index in [4.69, 9.17) is 0 Å². The van der Waals surface area contributed by atoms with Crippen molar-refractivity contribution in [2.24, 2.45) is 0 Å². The number of thiophene rings is 1. The second-order valence-electron chi connectivity index (χ2n) is 5.26. The Bertz CT molecular complexity index is 646. The normalized spacial score (nSPS) is 21.4. The first kappa shape index (κ1) is 11.2. The Morgan fingerprint density at radius 3 is 3.00 bits per heavy atom. The second-order valence-corrected chi connectivity index (χ2v) is 6.26. The molecular weight excluding hydrogens is 254 g/mol. The predicted octanol–water partition coefficient (Wildman–Crippen LogP) is 3.43. The number of amides is 1. The number of benzene rings is 1. The number of hydrogen-bond donors (Lipinski definition) is 0. The standard InChI is InChI=1S/C16H15NOS/c18-16-13-4-2-1-3-12(13)14-6-5-11-8-10-19-15(11)7-9-17(14)16/h1-4,8,10,14H,5-7,9H2. The molecule has 19 heavy (non-hydrogen) atoms. The fourth-order valence-electron chi connectivity index (χ4n) is 3.34. The molecule has 0 radical (unpaired) electrons. The number of nitrogens with zero attached hydrogens (tertiary/aromatic N) is 1. The van der Waals surface area contributed by atoms with E-state index in [1.807, 2.05) is 29.5 Å². The molecule has 0 saturated heterocycles. The van der Waals surface area contributed by atoms with Gasteiger partial charge in [-0.2, -0.15) is 0 Å². The minimum atomic E-state index is 0.223. The van der Waals surface area contributed by atoms with Gasteiger partial charge in [0.05, 0.1) is 6.04 Å². The second kappa shape index (κ2) is 4.20. The summed E-state index contributed by atoms with van der Waals surface area (Å²) in [6.45, 7) is 0.853. The highest BCUT2D eigenvalue weighted by Gasteiger charge is 2.36. The van der Waals surface area contributed by atoms with Crippen molar-refractivity contribution in [2.75, 3.05) is 6.54 Å². The third-order valence-corrected chi connectivity index (χ3v) is 5.31. The SMILES string of the molecule is O=C1c2ccccc2C2CCc3ccsc3CCN12. The van der Waals surface area contributed by atoms with Crippen LogP contribution in [-0.4, -0.2) is 17.4 Å². The Morgan fingerprint density at radius 2 is 2.05 bits per heavy atom. The fraction of sp³-hybridized carbons (Fsp3) is 0.312. The molecule has 0 N–H and O–H groups in total. The van der Waals surface area contributed by atoms with E-state index in [-0.39, 0.29) is 11.9 Å². The zero-order valence-electron chi connectivity index (χ0n) is 10.6. The Hall–Kier alpha value is -1.61. The number of carbonyl (C=O) groups excluding carboxylic acids is 1. The van der Waals surface area contributed by atoms with Crippen molar-refractivity contribution in [3.63, 3.8) is 0 Å². The van der Waals surface area contributed by atoms with Crippen molar-refractivity contribution in [2.45, 2.75) is 25.3 Å². The van der Waals surface area contributed by atoms with Crippen molar-refractivity contribution in [3.8, 4) is 0 Å². The third-order valence-electron chi connectivity index (χ3n) is 4.29. The summed E-state index contributed by atoms with van der Waals surface area (Å²) in [6, 6.07) is 10.6. The van der Waals surface area contributed by atoms with Crippen LogP contribution in [0.2, 0.25) is 0 Å². The van der Waals surface area contributed by atoms with Gasteiger partial charge in [-0.25, -0.2) is 0 Å². The number of hydrogen-bond acceptors (Lipinski definition) is 2. The summed E-state index contributed by atoms with van der Waals surface area (Å²) in [5, 5.41) is 2.18. The van der Waals surface area contributed by atoms with E-state index in [1.165, 1.54) is 16.0 Å². The molecular formula is C16H15NOS. The summed E-state index contributed by atoms with van der Waals surface area (Å²) in [6.07, 6.45) is 3.14. The van der Waals surface area contributed by atoms with Gasteiger partial charge in [-0.05, 0) is 47.9 Å². The summed E-state index contributed by atoms with van der Waals surface area (Å²) in [7, 11) is 0. The number of aryl methyl sites for hydroxylation is 1. The summed E-state index contributed by atoms with van der Waals surface area (Å²) in [5.74, 6) is 0.223. The summed E-state index contributed by atoms with van der Waals surface area (Å²) >= 11 is 1.83. The molecule has 1 atom stereocenters. The van der Waals surface area contributed by atoms with Crippen LogP contribution in [0, 0.1) is 0 Å². The third kappa shape index (κ3) is 1.65. The average Bonchev–Trinajstić information content (AvgIpc) is 2.95. The van der Waals surface area contributed by atoms with Gasteiger partial charge in [-0.15, -0.1) is 11.3 Å². The molecule has 2 aromatic rings. The molecule has 2 aliphatic heterocycles. The summed E-state index contributed by atoms with van der Waals surface area (Å²) in [5.41, 5.74) is 3.63. The van der Waals surface area contributed by atoms with Gasteiger partial charge in [-0.3, -0.25) is 4.79 Å². The highest BCUT2D eigenvalue weighted by molar-refractivity contribution is 7.10. The fourth-order valence-corrected chi connectivity index (χ4v) is 4.27. The highest BCUT2D eigenvalue weighted by Crippen LogP contribution is 2.38. The van der Waals surface area contributed by atoms with Crippen LogP contribution in [0.4, 0.5) is 0 Å².